The molecule has 5 rings (SSSR count). The monoisotopic (exact) mass is 363 g/mol. The minimum atomic E-state index is -0.686. The first-order chi connectivity index (χ1) is 12.6. The minimum absolute atomic E-state index is 0.00576. The van der Waals surface area contributed by atoms with E-state index in [1.54, 1.807) is 23.5 Å². The smallest absolute Gasteiger partial charge is 0.246 e. The Kier molecular flexibility index (Phi) is 3.01. The van der Waals surface area contributed by atoms with Gasteiger partial charge in [0.2, 0.25) is 0 Å². The lowest BCUT2D eigenvalue weighted by Gasteiger charge is -2.35. The first-order valence-electron chi connectivity index (χ1n) is 8.47. The first kappa shape index (κ1) is 15.4. The van der Waals surface area contributed by atoms with E-state index in [1.807, 2.05) is 25.1 Å². The Morgan fingerprint density at radius 3 is 2.31 bits per heavy atom. The molecule has 2 atom stereocenters. The quantitative estimate of drug-likeness (QED) is 0.727. The van der Waals surface area contributed by atoms with E-state index >= 15 is 0 Å². The minimum Gasteiger partial charge on any atom is -0.246 e. The van der Waals surface area contributed by atoms with Gasteiger partial charge in [-0.1, -0.05) is 42.5 Å². The van der Waals surface area contributed by atoms with Crippen molar-refractivity contribution in [3.63, 3.8) is 0 Å². The SMILES string of the molecule is C=C(C)C1(n2[nH]c(=O)n(-c3ccccc3)c2=O)C2C=CC1c1cscc12. The van der Waals surface area contributed by atoms with Gasteiger partial charge >= 0.3 is 11.4 Å². The third-order valence-corrected chi connectivity index (χ3v) is 6.48. The summed E-state index contributed by atoms with van der Waals surface area (Å²) in [5, 5.41) is 7.09. The average Bonchev–Trinajstić information content (AvgIpc) is 3.35. The number of H-pyrrole nitrogens is 1. The van der Waals surface area contributed by atoms with E-state index in [2.05, 4.69) is 34.6 Å². The molecule has 5 nitrogen and oxygen atoms in total. The summed E-state index contributed by atoms with van der Waals surface area (Å²) in [5.74, 6) is 0.0115. The molecule has 1 N–H and O–H groups in total. The Balaban J connectivity index is 1.79. The molecule has 0 saturated carbocycles. The van der Waals surface area contributed by atoms with Crippen molar-refractivity contribution >= 4 is 11.3 Å². The van der Waals surface area contributed by atoms with Crippen molar-refractivity contribution in [2.75, 3.05) is 0 Å². The molecule has 2 aliphatic rings. The second-order valence-corrected chi connectivity index (χ2v) is 7.68. The van der Waals surface area contributed by atoms with Gasteiger partial charge < -0.3 is 0 Å². The highest BCUT2D eigenvalue weighted by Gasteiger charge is 2.58. The van der Waals surface area contributed by atoms with Gasteiger partial charge in [-0.15, -0.1) is 0 Å². The molecule has 2 bridgehead atoms. The van der Waals surface area contributed by atoms with E-state index in [1.165, 1.54) is 20.4 Å². The van der Waals surface area contributed by atoms with E-state index in [0.717, 1.165) is 5.57 Å². The normalized spacial score (nSPS) is 25.6. The average molecular weight is 363 g/mol. The van der Waals surface area contributed by atoms with Crippen LogP contribution in [-0.4, -0.2) is 14.3 Å². The number of hydrogen-bond donors (Lipinski definition) is 1. The maximum atomic E-state index is 13.3. The van der Waals surface area contributed by atoms with Gasteiger partial charge in [-0.25, -0.2) is 23.9 Å². The van der Waals surface area contributed by atoms with Gasteiger partial charge in [0.15, 0.2) is 0 Å². The Labute approximate surface area is 153 Å². The van der Waals surface area contributed by atoms with Gasteiger partial charge in [0.1, 0.15) is 5.54 Å². The molecule has 6 heteroatoms. The Morgan fingerprint density at radius 2 is 1.73 bits per heavy atom. The molecular weight excluding hydrogens is 346 g/mol. The van der Waals surface area contributed by atoms with Crippen LogP contribution in [0.4, 0.5) is 0 Å². The molecule has 2 heterocycles. The van der Waals surface area contributed by atoms with Crippen molar-refractivity contribution in [1.29, 1.82) is 0 Å². The Morgan fingerprint density at radius 1 is 1.12 bits per heavy atom. The van der Waals surface area contributed by atoms with Crippen molar-refractivity contribution < 1.29 is 0 Å². The lowest BCUT2D eigenvalue weighted by molar-refractivity contribution is 0.282. The molecule has 0 amide bonds. The summed E-state index contributed by atoms with van der Waals surface area (Å²) in [7, 11) is 0. The number of para-hydroxylation sites is 1. The fourth-order valence-electron chi connectivity index (χ4n) is 4.65. The van der Waals surface area contributed by atoms with Crippen molar-refractivity contribution in [3.8, 4) is 5.69 Å². The van der Waals surface area contributed by atoms with Crippen molar-refractivity contribution in [1.82, 2.24) is 14.3 Å². The van der Waals surface area contributed by atoms with Crippen molar-refractivity contribution in [2.24, 2.45) is 0 Å². The number of rotatable bonds is 3. The van der Waals surface area contributed by atoms with Crippen LogP contribution in [0.3, 0.4) is 0 Å². The molecule has 130 valence electrons. The highest BCUT2D eigenvalue weighted by atomic mass is 32.1. The fraction of sp³-hybridized carbons (Fsp3) is 0.200. The summed E-state index contributed by atoms with van der Waals surface area (Å²) < 4.78 is 2.69. The number of nitrogens with one attached hydrogen (secondary N) is 1. The fourth-order valence-corrected chi connectivity index (χ4v) is 5.58. The number of fused-ring (bicyclic) bond motifs is 5. The molecule has 0 fully saturated rings. The summed E-state index contributed by atoms with van der Waals surface area (Å²) in [5.41, 5.74) is 2.39. The molecule has 0 saturated heterocycles. The number of benzene rings is 1. The molecule has 1 aromatic carbocycles. The third-order valence-electron chi connectivity index (χ3n) is 5.70. The zero-order valence-electron chi connectivity index (χ0n) is 14.2. The highest BCUT2D eigenvalue weighted by Crippen LogP contribution is 2.62. The molecule has 0 spiro atoms. The maximum absolute atomic E-state index is 13.3. The Bertz CT molecular complexity index is 1150. The summed E-state index contributed by atoms with van der Waals surface area (Å²) in [6, 6.07) is 8.99. The van der Waals surface area contributed by atoms with Crippen LogP contribution in [0.1, 0.15) is 29.9 Å². The lowest BCUT2D eigenvalue weighted by Crippen LogP contribution is -2.46. The molecule has 0 radical (unpaired) electrons. The number of thiophene rings is 1. The molecule has 2 aliphatic carbocycles. The number of aromatic nitrogens is 3. The van der Waals surface area contributed by atoms with Gasteiger partial charge in [-0.3, -0.25) is 0 Å². The van der Waals surface area contributed by atoms with E-state index < -0.39 is 11.2 Å². The Hall–Kier alpha value is -2.86. The lowest BCUT2D eigenvalue weighted by atomic mass is 9.79. The zero-order chi connectivity index (χ0) is 18.1. The van der Waals surface area contributed by atoms with E-state index in [4.69, 9.17) is 0 Å². The van der Waals surface area contributed by atoms with Gasteiger partial charge in [0.05, 0.1) is 5.69 Å². The number of hydrogen-bond acceptors (Lipinski definition) is 3. The van der Waals surface area contributed by atoms with Crippen LogP contribution >= 0.6 is 11.3 Å². The highest BCUT2D eigenvalue weighted by molar-refractivity contribution is 7.08. The summed E-state index contributed by atoms with van der Waals surface area (Å²) in [6.07, 6.45) is 4.28. The molecule has 2 aromatic heterocycles. The summed E-state index contributed by atoms with van der Waals surface area (Å²) in [4.78, 5) is 26.0. The molecule has 3 aromatic rings. The van der Waals surface area contributed by atoms with Gasteiger partial charge in [0, 0.05) is 11.8 Å². The number of nitrogens with zero attached hydrogens (tertiary/aromatic N) is 2. The number of aromatic amines is 1. The third kappa shape index (κ3) is 1.65. The summed E-state index contributed by atoms with van der Waals surface area (Å²) >= 11 is 1.67. The predicted octanol–water partition coefficient (Wildman–Crippen LogP) is 3.11. The van der Waals surface area contributed by atoms with E-state index in [0.29, 0.717) is 5.69 Å². The predicted molar refractivity (Wildman–Crippen MR) is 102 cm³/mol. The van der Waals surface area contributed by atoms with Crippen LogP contribution in [0.15, 0.2) is 75.0 Å². The maximum Gasteiger partial charge on any atom is 0.352 e. The van der Waals surface area contributed by atoms with Crippen molar-refractivity contribution in [2.45, 2.75) is 24.3 Å². The van der Waals surface area contributed by atoms with Crippen LogP contribution < -0.4 is 11.4 Å². The van der Waals surface area contributed by atoms with Gasteiger partial charge in [-0.2, -0.15) is 11.3 Å². The van der Waals surface area contributed by atoms with E-state index in [9.17, 15) is 9.59 Å². The molecule has 26 heavy (non-hydrogen) atoms. The topological polar surface area (TPSA) is 59.8 Å². The zero-order valence-corrected chi connectivity index (χ0v) is 15.0. The van der Waals surface area contributed by atoms with Gasteiger partial charge in [-0.05, 0) is 40.9 Å². The second-order valence-electron chi connectivity index (χ2n) is 6.93. The second kappa shape index (κ2) is 5.08. The van der Waals surface area contributed by atoms with Gasteiger partial charge in [0.25, 0.3) is 0 Å². The standard InChI is InChI=1S/C20H17N3O2S/c1-12(2)20(16-8-9-17(20)15-11-26-10-14(15)16)23-19(25)22(18(24)21-23)13-6-4-3-5-7-13/h3-11,16-17H,1H2,2H3,(H,21,24). The molecule has 2 unspecified atom stereocenters. The number of allylic oxidation sites excluding steroid dienone is 3. The first-order valence-corrected chi connectivity index (χ1v) is 9.41. The largest absolute Gasteiger partial charge is 0.352 e. The van der Waals surface area contributed by atoms with Crippen molar-refractivity contribution in [3.05, 3.63) is 97.5 Å². The molecular formula is C20H17N3O2S. The van der Waals surface area contributed by atoms with E-state index in [-0.39, 0.29) is 17.5 Å². The van der Waals surface area contributed by atoms with Crippen LogP contribution in [0.5, 0.6) is 0 Å². The summed E-state index contributed by atoms with van der Waals surface area (Å²) in [6.45, 7) is 6.15. The van der Waals surface area contributed by atoms with Crippen LogP contribution in [0.25, 0.3) is 5.69 Å². The van der Waals surface area contributed by atoms with Crippen LogP contribution in [0, 0.1) is 0 Å². The van der Waals surface area contributed by atoms with Crippen LogP contribution in [0.2, 0.25) is 0 Å². The molecule has 0 aliphatic heterocycles. The van der Waals surface area contributed by atoms with Crippen LogP contribution in [-0.2, 0) is 5.54 Å².